The molecule has 0 radical (unpaired) electrons. The van der Waals surface area contributed by atoms with E-state index < -0.39 is 6.10 Å². The van der Waals surface area contributed by atoms with Gasteiger partial charge in [-0.15, -0.1) is 0 Å². The first-order valence-electron chi connectivity index (χ1n) is 10.2. The Balaban J connectivity index is 1.74. The maximum Gasteiger partial charge on any atom is 0.305 e. The number of aryl methyl sites for hydroxylation is 1. The van der Waals surface area contributed by atoms with Crippen molar-refractivity contribution in [1.82, 2.24) is 0 Å². The third-order valence-corrected chi connectivity index (χ3v) is 5.31. The fraction of sp³-hybridized carbons (Fsp3) is 0.500. The molecule has 0 aliphatic heterocycles. The van der Waals surface area contributed by atoms with Crippen molar-refractivity contribution in [2.75, 3.05) is 7.11 Å². The number of hydrogen-bond donors (Lipinski definition) is 1. The van der Waals surface area contributed by atoms with Gasteiger partial charge in [0.25, 0.3) is 0 Å². The van der Waals surface area contributed by atoms with E-state index >= 15 is 0 Å². The van der Waals surface area contributed by atoms with E-state index in [0.717, 1.165) is 32.1 Å². The van der Waals surface area contributed by atoms with Crippen molar-refractivity contribution < 1.29 is 19.4 Å². The fourth-order valence-corrected chi connectivity index (χ4v) is 3.68. The third kappa shape index (κ3) is 7.43. The molecule has 152 valence electrons. The quantitative estimate of drug-likeness (QED) is 0.348. The highest BCUT2D eigenvalue weighted by atomic mass is 16.5. The third-order valence-electron chi connectivity index (χ3n) is 5.31. The maximum atomic E-state index is 12.2. The molecule has 0 aromatic heterocycles. The largest absolute Gasteiger partial charge is 0.469 e. The van der Waals surface area contributed by atoms with Crippen LogP contribution in [0.2, 0.25) is 0 Å². The minimum absolute atomic E-state index is 0.0936. The molecule has 0 heterocycles. The molecule has 1 aromatic rings. The molecular weight excluding hydrogens is 352 g/mol. The minimum Gasteiger partial charge on any atom is -0.469 e. The molecule has 0 saturated heterocycles. The Morgan fingerprint density at radius 1 is 1.14 bits per heavy atom. The molecule has 0 amide bonds. The van der Waals surface area contributed by atoms with Gasteiger partial charge in [0.2, 0.25) is 0 Å². The van der Waals surface area contributed by atoms with Crippen LogP contribution >= 0.6 is 0 Å². The van der Waals surface area contributed by atoms with E-state index in [2.05, 4.69) is 35.1 Å². The molecule has 0 unspecified atom stereocenters. The highest BCUT2D eigenvalue weighted by molar-refractivity contribution is 5.84. The summed E-state index contributed by atoms with van der Waals surface area (Å²) in [7, 11) is 1.39. The number of rotatable bonds is 11. The summed E-state index contributed by atoms with van der Waals surface area (Å²) in [5.41, 5.74) is 1.34. The summed E-state index contributed by atoms with van der Waals surface area (Å²) in [6, 6.07) is 10.4. The highest BCUT2D eigenvalue weighted by Gasteiger charge is 2.38. The number of aliphatic hydroxyl groups excluding tert-OH is 1. The summed E-state index contributed by atoms with van der Waals surface area (Å²) in [5, 5.41) is 10.2. The van der Waals surface area contributed by atoms with Gasteiger partial charge in [-0.2, -0.15) is 0 Å². The lowest BCUT2D eigenvalue weighted by molar-refractivity contribution is -0.140. The van der Waals surface area contributed by atoms with Gasteiger partial charge in [-0.3, -0.25) is 9.59 Å². The zero-order valence-corrected chi connectivity index (χ0v) is 16.8. The van der Waals surface area contributed by atoms with Crippen molar-refractivity contribution in [1.29, 1.82) is 0 Å². The van der Waals surface area contributed by atoms with Crippen molar-refractivity contribution in [2.24, 2.45) is 11.8 Å². The number of ketones is 1. The van der Waals surface area contributed by atoms with E-state index in [1.165, 1.54) is 12.7 Å². The first kappa shape index (κ1) is 22.1. The van der Waals surface area contributed by atoms with Gasteiger partial charge in [-0.25, -0.2) is 0 Å². The normalized spacial score (nSPS) is 22.4. The molecule has 1 fully saturated rings. The van der Waals surface area contributed by atoms with Crippen molar-refractivity contribution in [3.63, 3.8) is 0 Å². The van der Waals surface area contributed by atoms with Crippen LogP contribution in [0, 0.1) is 11.8 Å². The Hall–Kier alpha value is -2.20. The second-order valence-electron chi connectivity index (χ2n) is 7.40. The Kier molecular flexibility index (Phi) is 9.70. The topological polar surface area (TPSA) is 63.6 Å². The van der Waals surface area contributed by atoms with Gasteiger partial charge < -0.3 is 9.84 Å². The van der Waals surface area contributed by atoms with Crippen LogP contribution in [-0.2, 0) is 20.7 Å². The molecular formula is C24H32O4. The Morgan fingerprint density at radius 3 is 2.64 bits per heavy atom. The predicted molar refractivity (Wildman–Crippen MR) is 111 cm³/mol. The van der Waals surface area contributed by atoms with E-state index in [1.54, 1.807) is 0 Å². The number of esters is 1. The number of benzene rings is 1. The van der Waals surface area contributed by atoms with E-state index in [4.69, 9.17) is 0 Å². The average Bonchev–Trinajstić information content (AvgIpc) is 2.97. The first-order chi connectivity index (χ1) is 13.6. The van der Waals surface area contributed by atoms with Crippen LogP contribution in [0.5, 0.6) is 0 Å². The monoisotopic (exact) mass is 384 g/mol. The van der Waals surface area contributed by atoms with Crippen LogP contribution in [-0.4, -0.2) is 30.1 Å². The SMILES string of the molecule is COC(=O)CCC/C=C\C[C@H]1C(=O)C[C@@H](O)[C@@H]1/C=C/CCCc1ccccc1. The molecule has 28 heavy (non-hydrogen) atoms. The summed E-state index contributed by atoms with van der Waals surface area (Å²) < 4.78 is 4.61. The molecule has 1 aliphatic carbocycles. The Labute approximate surface area is 168 Å². The van der Waals surface area contributed by atoms with Crippen LogP contribution in [0.25, 0.3) is 0 Å². The lowest BCUT2D eigenvalue weighted by atomic mass is 9.90. The lowest BCUT2D eigenvalue weighted by Crippen LogP contribution is -2.17. The molecule has 4 nitrogen and oxygen atoms in total. The van der Waals surface area contributed by atoms with Crippen molar-refractivity contribution in [2.45, 2.75) is 57.5 Å². The van der Waals surface area contributed by atoms with Gasteiger partial charge in [-0.1, -0.05) is 54.6 Å². The maximum absolute atomic E-state index is 12.2. The number of ether oxygens (including phenoxy) is 1. The Morgan fingerprint density at radius 2 is 1.89 bits per heavy atom. The minimum atomic E-state index is -0.574. The average molecular weight is 385 g/mol. The number of Topliss-reactive ketones (excluding diaryl/α,β-unsaturated/α-hetero) is 1. The summed E-state index contributed by atoms with van der Waals surface area (Å²) in [6.07, 6.45) is 13.5. The molecule has 1 aliphatic rings. The predicted octanol–water partition coefficient (Wildman–Crippen LogP) is 4.42. The van der Waals surface area contributed by atoms with Gasteiger partial charge in [0.15, 0.2) is 0 Å². The van der Waals surface area contributed by atoms with Crippen LogP contribution in [0.3, 0.4) is 0 Å². The standard InChI is InChI=1S/C24H32O4/c1-28-24(27)17-11-3-2-9-15-20-21(23(26)18-22(20)25)16-10-5-8-14-19-12-6-4-7-13-19/h2,4,6-7,9-10,12-13,16,20-21,23,26H,3,5,8,11,14-15,17-18H2,1H3/b9-2-,16-10+/t20-,21-,23-/m1/s1. The smallest absolute Gasteiger partial charge is 0.305 e. The summed E-state index contributed by atoms with van der Waals surface area (Å²) in [5.74, 6) is -0.285. The molecule has 0 bridgehead atoms. The summed E-state index contributed by atoms with van der Waals surface area (Å²) in [6.45, 7) is 0. The van der Waals surface area contributed by atoms with Crippen molar-refractivity contribution in [3.8, 4) is 0 Å². The summed E-state index contributed by atoms with van der Waals surface area (Å²) >= 11 is 0. The van der Waals surface area contributed by atoms with Crippen LogP contribution in [0.1, 0.15) is 50.5 Å². The zero-order chi connectivity index (χ0) is 20.2. The number of carbonyl (C=O) groups excluding carboxylic acids is 2. The Bertz CT molecular complexity index is 662. The van der Waals surface area contributed by atoms with Gasteiger partial charge in [0.1, 0.15) is 5.78 Å². The van der Waals surface area contributed by atoms with Crippen LogP contribution in [0.4, 0.5) is 0 Å². The van der Waals surface area contributed by atoms with Gasteiger partial charge in [0.05, 0.1) is 13.2 Å². The molecule has 0 spiro atoms. The van der Waals surface area contributed by atoms with Gasteiger partial charge in [-0.05, 0) is 44.1 Å². The van der Waals surface area contributed by atoms with Crippen molar-refractivity contribution in [3.05, 3.63) is 60.2 Å². The molecule has 1 aromatic carbocycles. The van der Waals surface area contributed by atoms with E-state index in [1.807, 2.05) is 24.3 Å². The second-order valence-corrected chi connectivity index (χ2v) is 7.40. The van der Waals surface area contributed by atoms with Crippen LogP contribution in [0.15, 0.2) is 54.6 Å². The number of aliphatic hydroxyl groups is 1. The molecule has 3 atom stereocenters. The highest BCUT2D eigenvalue weighted by Crippen LogP contribution is 2.33. The number of allylic oxidation sites excluding steroid dienone is 3. The van der Waals surface area contributed by atoms with Crippen molar-refractivity contribution >= 4 is 11.8 Å². The number of unbranched alkanes of at least 4 members (excludes halogenated alkanes) is 2. The van der Waals surface area contributed by atoms with Gasteiger partial charge >= 0.3 is 5.97 Å². The number of methoxy groups -OCH3 is 1. The van der Waals surface area contributed by atoms with Crippen LogP contribution < -0.4 is 0 Å². The number of carbonyl (C=O) groups is 2. The summed E-state index contributed by atoms with van der Waals surface area (Å²) in [4.78, 5) is 23.3. The lowest BCUT2D eigenvalue weighted by Gasteiger charge is -2.15. The molecule has 1 saturated carbocycles. The van der Waals surface area contributed by atoms with Gasteiger partial charge in [0, 0.05) is 24.7 Å². The van der Waals surface area contributed by atoms with E-state index in [0.29, 0.717) is 12.8 Å². The molecule has 1 N–H and O–H groups in total. The second kappa shape index (κ2) is 12.3. The first-order valence-corrected chi connectivity index (χ1v) is 10.2. The number of hydrogen-bond acceptors (Lipinski definition) is 4. The fourth-order valence-electron chi connectivity index (χ4n) is 3.68. The molecule has 4 heteroatoms. The van der Waals surface area contributed by atoms with E-state index in [9.17, 15) is 14.7 Å². The van der Waals surface area contributed by atoms with E-state index in [-0.39, 0.29) is 30.0 Å². The zero-order valence-electron chi connectivity index (χ0n) is 16.8. The molecule has 2 rings (SSSR count).